The second-order valence-electron chi connectivity index (χ2n) is 19.8. The van der Waals surface area contributed by atoms with Crippen molar-refractivity contribution in [2.45, 2.75) is 42.6 Å². The third-order valence-corrected chi connectivity index (χ3v) is 16.3. The third kappa shape index (κ3) is 12.1. The van der Waals surface area contributed by atoms with Crippen LogP contribution in [-0.4, -0.2) is 57.1 Å². The molecule has 9 aromatic rings. The minimum atomic E-state index is -1.14. The molecule has 1 aliphatic carbocycles. The predicted octanol–water partition coefficient (Wildman–Crippen LogP) is 13.4. The Balaban J connectivity index is 0.950. The lowest BCUT2D eigenvalue weighted by Crippen LogP contribution is -2.50. The van der Waals surface area contributed by atoms with Gasteiger partial charge in [-0.2, -0.15) is 0 Å². The zero-order chi connectivity index (χ0) is 55.4. The van der Waals surface area contributed by atoms with Crippen molar-refractivity contribution >= 4 is 29.7 Å². The largest absolute Gasteiger partial charge is 0.497 e. The molecule has 1 unspecified atom stereocenters. The van der Waals surface area contributed by atoms with Crippen molar-refractivity contribution in [2.24, 2.45) is 0 Å². The number of benzene rings is 9. The van der Waals surface area contributed by atoms with Gasteiger partial charge in [0.05, 0.1) is 31.1 Å². The first-order valence-corrected chi connectivity index (χ1v) is 27.7. The van der Waals surface area contributed by atoms with Gasteiger partial charge in [-0.15, -0.1) is 11.8 Å². The highest BCUT2D eigenvalue weighted by Gasteiger charge is 2.40. The fourth-order valence-electron chi connectivity index (χ4n) is 10.6. The molecule has 11 heteroatoms. The van der Waals surface area contributed by atoms with Crippen LogP contribution in [0.3, 0.4) is 0 Å². The Bertz CT molecular complexity index is 3360. The van der Waals surface area contributed by atoms with Crippen LogP contribution in [0, 0.1) is 13.8 Å². The van der Waals surface area contributed by atoms with Gasteiger partial charge in [0.25, 0.3) is 5.91 Å². The van der Waals surface area contributed by atoms with Crippen LogP contribution in [0.15, 0.2) is 231 Å². The second kappa shape index (κ2) is 25.2. The van der Waals surface area contributed by atoms with Gasteiger partial charge in [0, 0.05) is 23.3 Å². The summed E-state index contributed by atoms with van der Waals surface area (Å²) in [6, 6.07) is 73.6. The van der Waals surface area contributed by atoms with Gasteiger partial charge < -0.3 is 34.9 Å². The molecule has 3 amide bonds. The van der Waals surface area contributed by atoms with Crippen molar-refractivity contribution in [1.29, 1.82) is 0 Å². The van der Waals surface area contributed by atoms with Crippen molar-refractivity contribution in [3.8, 4) is 28.4 Å². The predicted molar refractivity (Wildman–Crippen MR) is 317 cm³/mol. The van der Waals surface area contributed by atoms with Crippen LogP contribution < -0.4 is 30.2 Å². The van der Waals surface area contributed by atoms with E-state index in [0.29, 0.717) is 28.4 Å². The third-order valence-electron chi connectivity index (χ3n) is 14.7. The summed E-state index contributed by atoms with van der Waals surface area (Å²) in [5.74, 6) is 0.639. The molecule has 0 aliphatic heterocycles. The van der Waals surface area contributed by atoms with Crippen molar-refractivity contribution in [1.82, 2.24) is 16.0 Å². The van der Waals surface area contributed by atoms with E-state index in [4.69, 9.17) is 18.9 Å². The molecular weight excluding hydrogens is 1010 g/mol. The quantitative estimate of drug-likeness (QED) is 0.0608. The van der Waals surface area contributed by atoms with Crippen LogP contribution in [0.5, 0.6) is 17.2 Å². The fourth-order valence-corrected chi connectivity index (χ4v) is 12.1. The molecule has 402 valence electrons. The topological polar surface area (TPSA) is 124 Å². The molecule has 80 heavy (non-hydrogen) atoms. The smallest absolute Gasteiger partial charge is 0.407 e. The first-order chi connectivity index (χ1) is 39.1. The highest BCUT2D eigenvalue weighted by Crippen LogP contribution is 2.49. The molecule has 9 aromatic carbocycles. The van der Waals surface area contributed by atoms with E-state index in [1.54, 1.807) is 44.2 Å². The Morgan fingerprint density at radius 2 is 0.988 bits per heavy atom. The summed E-state index contributed by atoms with van der Waals surface area (Å²) in [6.07, 6.45) is -0.731. The number of methoxy groups -OCH3 is 2. The summed E-state index contributed by atoms with van der Waals surface area (Å²) in [6.45, 7) is 3.89. The molecule has 0 heterocycles. The normalized spacial score (nSPS) is 12.6. The zero-order valence-corrected chi connectivity index (χ0v) is 46.0. The molecule has 0 radical (unpaired) electrons. The number of hydrogen-bond acceptors (Lipinski definition) is 8. The van der Waals surface area contributed by atoms with Gasteiger partial charge >= 0.3 is 6.09 Å². The van der Waals surface area contributed by atoms with E-state index < -0.39 is 28.8 Å². The monoisotopic (exact) mass is 1080 g/mol. The van der Waals surface area contributed by atoms with Gasteiger partial charge in [0.1, 0.15) is 29.9 Å². The Kier molecular flexibility index (Phi) is 17.1. The standard InChI is InChI=1S/C69H63N3O7S/c1-46-28-32-48(33-29-46)65(49-34-30-47(2)31-35-49)71-64(73)44-78-54-38-36-50(37-39-54)66(60-41-40-55(76-3)42-63(60)77-4)72-67(74)62(70-68(75)79-43-61-58-26-16-14-24-56(58)57-25-15-17-27-59(57)61)45-80-69(51-18-8-5-9-19-51,52-20-10-6-11-21-52)53-22-12-7-13-23-53/h5-42,61-62,65-66H,43-45H2,1-4H3,(H,70,75)(H,71,73)(H,72,74)/t62-,66?/m1/s1. The lowest BCUT2D eigenvalue weighted by atomic mass is 9.84. The van der Waals surface area contributed by atoms with Crippen LogP contribution >= 0.6 is 11.8 Å². The summed E-state index contributed by atoms with van der Waals surface area (Å²) >= 11 is 1.55. The number of hydrogen-bond donors (Lipinski definition) is 3. The number of amides is 3. The maximum atomic E-state index is 15.5. The SMILES string of the molecule is COc1ccc(C(NC(=O)[C@@H](CSC(c2ccccc2)(c2ccccc2)c2ccccc2)NC(=O)OCC2c3ccccc3-c3ccccc32)c2ccc(OCC(=O)NC(c3ccc(C)cc3)c3ccc(C)cc3)cc2)c(OC)c1. The van der Waals surface area contributed by atoms with E-state index in [-0.39, 0.29) is 36.8 Å². The van der Waals surface area contributed by atoms with Gasteiger partial charge in [0.2, 0.25) is 5.91 Å². The number of carbonyl (C=O) groups excluding carboxylic acids is 3. The average molecular weight is 1080 g/mol. The number of thioether (sulfide) groups is 1. The summed E-state index contributed by atoms with van der Waals surface area (Å²) in [4.78, 5) is 43.6. The number of fused-ring (bicyclic) bond motifs is 3. The van der Waals surface area contributed by atoms with E-state index in [1.807, 2.05) is 166 Å². The maximum absolute atomic E-state index is 15.5. The van der Waals surface area contributed by atoms with Gasteiger partial charge in [0.15, 0.2) is 6.61 Å². The molecule has 3 N–H and O–H groups in total. The van der Waals surface area contributed by atoms with Gasteiger partial charge in [-0.05, 0) is 93.7 Å². The van der Waals surface area contributed by atoms with Crippen molar-refractivity contribution in [2.75, 3.05) is 33.2 Å². The Morgan fingerprint density at radius 3 is 1.50 bits per heavy atom. The van der Waals surface area contributed by atoms with E-state index >= 15 is 4.79 Å². The van der Waals surface area contributed by atoms with Crippen LogP contribution in [0.1, 0.15) is 79.2 Å². The van der Waals surface area contributed by atoms with Gasteiger partial charge in [-0.1, -0.05) is 211 Å². The summed E-state index contributed by atoms with van der Waals surface area (Å²) in [5.41, 5.74) is 12.8. The molecule has 10 nitrogen and oxygen atoms in total. The number of ether oxygens (including phenoxy) is 4. The van der Waals surface area contributed by atoms with Crippen molar-refractivity contribution < 1.29 is 33.3 Å². The highest BCUT2D eigenvalue weighted by atomic mass is 32.2. The van der Waals surface area contributed by atoms with E-state index in [1.165, 1.54) is 0 Å². The zero-order valence-electron chi connectivity index (χ0n) is 45.1. The van der Waals surface area contributed by atoms with Crippen LogP contribution in [0.2, 0.25) is 0 Å². The number of alkyl carbamates (subject to hydrolysis) is 1. The minimum Gasteiger partial charge on any atom is -0.497 e. The van der Waals surface area contributed by atoms with E-state index in [0.717, 1.165) is 61.2 Å². The first-order valence-electron chi connectivity index (χ1n) is 26.7. The fraction of sp³-hybridized carbons (Fsp3) is 0.174. The summed E-state index contributed by atoms with van der Waals surface area (Å²) in [5, 5.41) is 9.55. The van der Waals surface area contributed by atoms with Crippen LogP contribution in [0.25, 0.3) is 11.1 Å². The Labute approximate surface area is 472 Å². The number of aryl methyl sites for hydroxylation is 2. The van der Waals surface area contributed by atoms with Gasteiger partial charge in [-0.25, -0.2) is 4.79 Å². The second-order valence-corrected chi connectivity index (χ2v) is 21.1. The molecule has 0 saturated carbocycles. The van der Waals surface area contributed by atoms with Crippen molar-refractivity contribution in [3.05, 3.63) is 292 Å². The van der Waals surface area contributed by atoms with Crippen LogP contribution in [0.4, 0.5) is 4.79 Å². The molecule has 0 bridgehead atoms. The van der Waals surface area contributed by atoms with Crippen molar-refractivity contribution in [3.63, 3.8) is 0 Å². The molecule has 0 aromatic heterocycles. The van der Waals surface area contributed by atoms with E-state index in [2.05, 4.69) is 76.6 Å². The number of carbonyl (C=O) groups is 3. The van der Waals surface area contributed by atoms with Crippen LogP contribution in [-0.2, 0) is 19.1 Å². The number of rotatable bonds is 21. The Hall–Kier alpha value is -9.06. The molecule has 10 rings (SSSR count). The lowest BCUT2D eigenvalue weighted by molar-refractivity contribution is -0.124. The highest BCUT2D eigenvalue weighted by molar-refractivity contribution is 8.00. The maximum Gasteiger partial charge on any atom is 0.407 e. The van der Waals surface area contributed by atoms with Gasteiger partial charge in [-0.3, -0.25) is 9.59 Å². The molecule has 1 aliphatic rings. The summed E-state index contributed by atoms with van der Waals surface area (Å²) in [7, 11) is 3.14. The molecule has 0 fully saturated rings. The molecular formula is C69H63N3O7S. The minimum absolute atomic E-state index is 0.0607. The average Bonchev–Trinajstić information content (AvgIpc) is 3.87. The Morgan fingerprint density at radius 1 is 0.512 bits per heavy atom. The van der Waals surface area contributed by atoms with E-state index in [9.17, 15) is 9.59 Å². The summed E-state index contributed by atoms with van der Waals surface area (Å²) < 4.78 is 23.0. The molecule has 0 spiro atoms. The molecule has 2 atom stereocenters. The number of nitrogens with one attached hydrogen (secondary N) is 3. The lowest BCUT2D eigenvalue weighted by Gasteiger charge is -2.36. The first kappa shape index (κ1) is 54.3. The molecule has 0 saturated heterocycles.